The Hall–Kier alpha value is -3.73. The largest absolute Gasteiger partial charge is 0.494 e. The molecule has 0 aliphatic rings. The second-order valence-electron chi connectivity index (χ2n) is 11.5. The first-order valence-corrected chi connectivity index (χ1v) is 16.0. The Morgan fingerprint density at radius 2 is 1.44 bits per heavy atom. The molecule has 0 saturated carbocycles. The number of carbonyl (C=O) groups excluding carboxylic acids is 2. The fraction of sp³-hybridized carbons (Fsp3) is 0.618. The van der Waals surface area contributed by atoms with Gasteiger partial charge in [-0.2, -0.15) is 0 Å². The van der Waals surface area contributed by atoms with Crippen molar-refractivity contribution < 1.29 is 49.1 Å². The number of carbonyl (C=O) groups is 5. The Morgan fingerprint density at radius 3 is 1.98 bits per heavy atom. The van der Waals surface area contributed by atoms with E-state index in [1.165, 1.54) is 12.5 Å². The fourth-order valence-electron chi connectivity index (χ4n) is 4.87. The predicted octanol–water partition coefficient (Wildman–Crippen LogP) is 5.32. The van der Waals surface area contributed by atoms with Crippen LogP contribution < -0.4 is 10.1 Å². The molecule has 0 aromatic heterocycles. The Bertz CT molecular complexity index is 1100. The number of aliphatic carboxylic acids is 3. The molecule has 1 rings (SSSR count). The maximum absolute atomic E-state index is 13.3. The first-order valence-electron chi connectivity index (χ1n) is 16.0. The van der Waals surface area contributed by atoms with Gasteiger partial charge < -0.3 is 30.5 Å². The van der Waals surface area contributed by atoms with Gasteiger partial charge in [0.05, 0.1) is 18.9 Å². The average Bonchev–Trinajstić information content (AvgIpc) is 2.98. The van der Waals surface area contributed by atoms with Crippen LogP contribution in [0.1, 0.15) is 109 Å². The Morgan fingerprint density at radius 1 is 0.844 bits per heavy atom. The number of Topliss-reactive ketones (excluding diaryl/α,β-unsaturated/α-hetero) is 1. The van der Waals surface area contributed by atoms with Crippen LogP contribution in [0, 0.1) is 5.92 Å². The third-order valence-electron chi connectivity index (χ3n) is 7.50. The molecule has 0 unspecified atom stereocenters. The number of ether oxygens (including phenoxy) is 1. The summed E-state index contributed by atoms with van der Waals surface area (Å²) in [4.78, 5) is 60.7. The number of hydrogen-bond acceptors (Lipinski definition) is 7. The molecule has 11 heteroatoms. The van der Waals surface area contributed by atoms with Crippen LogP contribution in [0.4, 0.5) is 0 Å². The minimum Gasteiger partial charge on any atom is -0.494 e. The topological polar surface area (TPSA) is 188 Å². The van der Waals surface area contributed by atoms with Gasteiger partial charge in [0.15, 0.2) is 5.60 Å². The lowest BCUT2D eigenvalue weighted by atomic mass is 9.82. The van der Waals surface area contributed by atoms with E-state index < -0.39 is 47.8 Å². The molecule has 252 valence electrons. The van der Waals surface area contributed by atoms with Gasteiger partial charge in [-0.05, 0) is 49.8 Å². The molecule has 1 amide bonds. The van der Waals surface area contributed by atoms with Crippen LogP contribution in [0.2, 0.25) is 0 Å². The van der Waals surface area contributed by atoms with Gasteiger partial charge in [0.1, 0.15) is 17.6 Å². The van der Waals surface area contributed by atoms with E-state index in [-0.39, 0.29) is 12.2 Å². The van der Waals surface area contributed by atoms with E-state index in [0.717, 1.165) is 57.4 Å². The van der Waals surface area contributed by atoms with E-state index in [0.29, 0.717) is 43.6 Å². The number of aliphatic hydroxyl groups is 1. The monoisotopic (exact) mass is 633 g/mol. The summed E-state index contributed by atoms with van der Waals surface area (Å²) in [6.45, 7) is 4.63. The van der Waals surface area contributed by atoms with E-state index in [2.05, 4.69) is 12.2 Å². The molecule has 11 nitrogen and oxygen atoms in total. The zero-order chi connectivity index (χ0) is 33.7. The van der Waals surface area contributed by atoms with E-state index in [1.54, 1.807) is 24.3 Å². The van der Waals surface area contributed by atoms with Crippen LogP contribution in [0.25, 0.3) is 0 Å². The molecule has 3 atom stereocenters. The van der Waals surface area contributed by atoms with Crippen molar-refractivity contribution >= 4 is 29.6 Å². The molecule has 0 aliphatic carbocycles. The van der Waals surface area contributed by atoms with Crippen molar-refractivity contribution in [2.24, 2.45) is 5.92 Å². The number of hydrogen-bond donors (Lipinski definition) is 5. The number of unbranched alkanes of at least 4 members (excludes halogenated alkanes) is 8. The second kappa shape index (κ2) is 21.9. The molecule has 0 saturated heterocycles. The summed E-state index contributed by atoms with van der Waals surface area (Å²) in [7, 11) is 0. The molecule has 5 N–H and O–H groups in total. The van der Waals surface area contributed by atoms with Gasteiger partial charge >= 0.3 is 17.9 Å². The lowest BCUT2D eigenvalue weighted by molar-refractivity contribution is -0.172. The number of carboxylic acids is 3. The molecule has 0 spiro atoms. The second-order valence-corrected chi connectivity index (χ2v) is 11.5. The third kappa shape index (κ3) is 15.7. The third-order valence-corrected chi connectivity index (χ3v) is 7.50. The summed E-state index contributed by atoms with van der Waals surface area (Å²) >= 11 is 0. The zero-order valence-corrected chi connectivity index (χ0v) is 26.7. The number of benzene rings is 1. The van der Waals surface area contributed by atoms with Gasteiger partial charge in [0.2, 0.25) is 5.91 Å². The average molecular weight is 634 g/mol. The zero-order valence-electron chi connectivity index (χ0n) is 26.7. The highest BCUT2D eigenvalue weighted by atomic mass is 16.5. The minimum atomic E-state index is -3.01. The van der Waals surface area contributed by atoms with Gasteiger partial charge in [0, 0.05) is 19.3 Å². The lowest BCUT2D eigenvalue weighted by Crippen LogP contribution is -2.55. The van der Waals surface area contributed by atoms with E-state index >= 15 is 0 Å². The quantitative estimate of drug-likeness (QED) is 0.0660. The number of amides is 1. The number of carboxylic acid groups (broad SMARTS) is 3. The van der Waals surface area contributed by atoms with Gasteiger partial charge in [-0.1, -0.05) is 76.7 Å². The van der Waals surface area contributed by atoms with Crippen LogP contribution in [0.5, 0.6) is 5.75 Å². The highest BCUT2D eigenvalue weighted by Crippen LogP contribution is 2.26. The van der Waals surface area contributed by atoms with Crippen molar-refractivity contribution in [3.8, 4) is 5.75 Å². The van der Waals surface area contributed by atoms with E-state index in [1.807, 2.05) is 6.92 Å². The van der Waals surface area contributed by atoms with Gasteiger partial charge in [0.25, 0.3) is 0 Å². The summed E-state index contributed by atoms with van der Waals surface area (Å²) in [5.41, 5.74) is -2.45. The standard InChI is InChI=1S/C34H51NO10/c1-3-5-6-9-12-15-26(36)16-13-10-7-8-11-14-17-28(34(44,33(42)43)24-30(37)38)31(39)35-29(32(40)41)23-25-18-20-27(21-19-25)45-22-4-2/h14,17-21,28-29,44H,3-13,15-16,22-24H2,1-2H3,(H,35,39)(H,37,38)(H,40,41)(H,42,43)/b17-14+/t28-,29-,34-/m0/s1. The summed E-state index contributed by atoms with van der Waals surface area (Å²) < 4.78 is 5.52. The maximum Gasteiger partial charge on any atom is 0.337 e. The molecule has 1 aromatic carbocycles. The highest BCUT2D eigenvalue weighted by molar-refractivity contribution is 5.94. The normalized spacial score (nSPS) is 13.9. The molecular weight excluding hydrogens is 582 g/mol. The van der Waals surface area contributed by atoms with Crippen LogP contribution in [-0.4, -0.2) is 68.3 Å². The Labute approximate surface area is 266 Å². The van der Waals surface area contributed by atoms with Crippen LogP contribution in [-0.2, 0) is 30.4 Å². The molecular formula is C34H51NO10. The summed E-state index contributed by atoms with van der Waals surface area (Å²) in [5, 5.41) is 41.9. The van der Waals surface area contributed by atoms with Gasteiger partial charge in [-0.25, -0.2) is 9.59 Å². The lowest BCUT2D eigenvalue weighted by Gasteiger charge is -2.29. The molecule has 0 heterocycles. The summed E-state index contributed by atoms with van der Waals surface area (Å²) in [6.07, 6.45) is 12.1. The summed E-state index contributed by atoms with van der Waals surface area (Å²) in [6, 6.07) is 5.15. The first-order chi connectivity index (χ1) is 21.4. The number of nitrogens with one attached hydrogen (secondary N) is 1. The van der Waals surface area contributed by atoms with Crippen molar-refractivity contribution in [2.45, 2.75) is 122 Å². The number of ketones is 1. The first kappa shape index (κ1) is 39.3. The van der Waals surface area contributed by atoms with Crippen molar-refractivity contribution in [2.75, 3.05) is 6.61 Å². The molecule has 0 radical (unpaired) electrons. The molecule has 45 heavy (non-hydrogen) atoms. The number of rotatable bonds is 26. The van der Waals surface area contributed by atoms with E-state index in [9.17, 15) is 44.4 Å². The molecule has 1 aromatic rings. The summed E-state index contributed by atoms with van der Waals surface area (Å²) in [5.74, 6) is -7.06. The molecule has 0 aliphatic heterocycles. The van der Waals surface area contributed by atoms with E-state index in [4.69, 9.17) is 4.74 Å². The van der Waals surface area contributed by atoms with Crippen LogP contribution >= 0.6 is 0 Å². The van der Waals surface area contributed by atoms with Crippen molar-refractivity contribution in [3.05, 3.63) is 42.0 Å². The van der Waals surface area contributed by atoms with Crippen LogP contribution in [0.3, 0.4) is 0 Å². The van der Waals surface area contributed by atoms with Gasteiger partial charge in [-0.15, -0.1) is 0 Å². The molecule has 0 fully saturated rings. The minimum absolute atomic E-state index is 0.142. The Kier molecular flexibility index (Phi) is 19.1. The maximum atomic E-state index is 13.3. The smallest absolute Gasteiger partial charge is 0.337 e. The fourth-order valence-corrected chi connectivity index (χ4v) is 4.87. The van der Waals surface area contributed by atoms with Crippen molar-refractivity contribution in [1.82, 2.24) is 5.32 Å². The number of allylic oxidation sites excluding steroid dienone is 1. The predicted molar refractivity (Wildman–Crippen MR) is 169 cm³/mol. The van der Waals surface area contributed by atoms with Crippen LogP contribution in [0.15, 0.2) is 36.4 Å². The highest BCUT2D eigenvalue weighted by Gasteiger charge is 2.49. The van der Waals surface area contributed by atoms with Crippen molar-refractivity contribution in [1.29, 1.82) is 0 Å². The Balaban J connectivity index is 2.81. The molecule has 0 bridgehead atoms. The van der Waals surface area contributed by atoms with Crippen molar-refractivity contribution in [3.63, 3.8) is 0 Å². The SMILES string of the molecule is CCCCCCCC(=O)CCCCCC/C=C/[C@@H](C(=O)N[C@@H](Cc1ccc(OCCC)cc1)C(=O)O)[C@@](O)(CC(=O)O)C(=O)O. The van der Waals surface area contributed by atoms with Gasteiger partial charge in [-0.3, -0.25) is 14.4 Å².